The van der Waals surface area contributed by atoms with Crippen LogP contribution in [0.3, 0.4) is 0 Å². The quantitative estimate of drug-likeness (QED) is 0.233. The number of fused-ring (bicyclic) bond motifs is 3. The number of H-pyrrole nitrogens is 1. The van der Waals surface area contributed by atoms with Gasteiger partial charge in [-0.15, -0.1) is 0 Å². The zero-order valence-electron chi connectivity index (χ0n) is 26.2. The molecule has 4 aliphatic rings. The van der Waals surface area contributed by atoms with Crippen LogP contribution in [0.25, 0.3) is 12.2 Å². The highest BCUT2D eigenvalue weighted by Gasteiger charge is 2.37. The summed E-state index contributed by atoms with van der Waals surface area (Å²) in [5, 5.41) is 22.7. The van der Waals surface area contributed by atoms with Crippen molar-refractivity contribution in [2.45, 2.75) is 63.7 Å². The molecule has 4 aliphatic heterocycles. The van der Waals surface area contributed by atoms with Crippen molar-refractivity contribution >= 4 is 41.2 Å². The lowest BCUT2D eigenvalue weighted by Crippen LogP contribution is -2.55. The number of allylic oxidation sites excluding steroid dienone is 2. The van der Waals surface area contributed by atoms with Crippen LogP contribution in [0.2, 0.25) is 5.02 Å². The first-order valence-electron chi connectivity index (χ1n) is 16.1. The van der Waals surface area contributed by atoms with Crippen molar-refractivity contribution in [3.63, 3.8) is 0 Å². The average Bonchev–Trinajstić information content (AvgIpc) is 3.58. The summed E-state index contributed by atoms with van der Waals surface area (Å²) < 4.78 is 12.3. The molecule has 45 heavy (non-hydrogen) atoms. The molecule has 0 spiro atoms. The van der Waals surface area contributed by atoms with Crippen molar-refractivity contribution < 1.29 is 14.3 Å². The monoisotopic (exact) mass is 633 g/mol. The highest BCUT2D eigenvalue weighted by atomic mass is 35.5. The summed E-state index contributed by atoms with van der Waals surface area (Å²) in [7, 11) is 0. The van der Waals surface area contributed by atoms with Gasteiger partial charge in [0.15, 0.2) is 5.75 Å². The summed E-state index contributed by atoms with van der Waals surface area (Å²) >= 11 is 6.99. The molecule has 3 unspecified atom stereocenters. The van der Waals surface area contributed by atoms with E-state index in [-0.39, 0.29) is 18.0 Å². The molecular formula is C34H44ClN7O3. The van der Waals surface area contributed by atoms with E-state index in [1.54, 1.807) is 11.1 Å². The van der Waals surface area contributed by atoms with Gasteiger partial charge in [-0.25, -0.2) is 0 Å². The second-order valence-corrected chi connectivity index (χ2v) is 12.8. The van der Waals surface area contributed by atoms with Crippen LogP contribution in [0, 0.1) is 5.41 Å². The number of nitrogens with zero attached hydrogens (tertiary/aromatic N) is 4. The van der Waals surface area contributed by atoms with Crippen LogP contribution in [0.15, 0.2) is 37.1 Å². The Bertz CT molecular complexity index is 1570. The number of hydrogen-bond acceptors (Lipinski definition) is 7. The molecule has 4 atom stereocenters. The zero-order chi connectivity index (χ0) is 31.5. The maximum absolute atomic E-state index is 12.3. The summed E-state index contributed by atoms with van der Waals surface area (Å²) in [6.45, 7) is 12.5. The van der Waals surface area contributed by atoms with Crippen molar-refractivity contribution in [2.75, 3.05) is 51.3 Å². The van der Waals surface area contributed by atoms with Crippen LogP contribution in [0.5, 0.6) is 5.75 Å². The molecule has 10 nitrogen and oxygen atoms in total. The van der Waals surface area contributed by atoms with Gasteiger partial charge in [0, 0.05) is 54.1 Å². The van der Waals surface area contributed by atoms with Gasteiger partial charge < -0.3 is 24.6 Å². The summed E-state index contributed by atoms with van der Waals surface area (Å²) in [6, 6.07) is 3.03. The van der Waals surface area contributed by atoms with Crippen LogP contribution in [0.1, 0.15) is 50.7 Å². The number of halogens is 1. The van der Waals surface area contributed by atoms with Crippen molar-refractivity contribution in [2.24, 2.45) is 0 Å². The topological polar surface area (TPSA) is 110 Å². The van der Waals surface area contributed by atoms with Crippen LogP contribution in [0.4, 0.5) is 5.69 Å². The van der Waals surface area contributed by atoms with Gasteiger partial charge in [0.05, 0.1) is 41.5 Å². The first-order valence-corrected chi connectivity index (χ1v) is 16.5. The number of nitrogens with one attached hydrogen (secondary N) is 3. The van der Waals surface area contributed by atoms with Gasteiger partial charge in [0.1, 0.15) is 12.4 Å². The van der Waals surface area contributed by atoms with Crippen LogP contribution in [-0.2, 0) is 9.53 Å². The lowest BCUT2D eigenvalue weighted by molar-refractivity contribution is -0.128. The number of morpholine rings is 1. The average molecular weight is 634 g/mol. The first-order chi connectivity index (χ1) is 21.9. The molecule has 240 valence electrons. The normalized spacial score (nSPS) is 25.8. The smallest absolute Gasteiger partial charge is 0.246 e. The lowest BCUT2D eigenvalue weighted by atomic mass is 10.00. The number of aromatic amines is 1. The zero-order valence-corrected chi connectivity index (χ0v) is 27.0. The molecule has 1 amide bonds. The number of ether oxygens (including phenoxy) is 2. The third kappa shape index (κ3) is 6.55. The largest absolute Gasteiger partial charge is 0.489 e. The molecule has 1 aromatic heterocycles. The number of hydrogen-bond donors (Lipinski definition) is 3. The van der Waals surface area contributed by atoms with Crippen molar-refractivity contribution in [1.82, 2.24) is 24.9 Å². The van der Waals surface area contributed by atoms with Crippen molar-refractivity contribution in [1.29, 1.82) is 5.41 Å². The molecule has 3 fully saturated rings. The molecule has 11 heteroatoms. The molecule has 3 saturated heterocycles. The fourth-order valence-electron chi connectivity index (χ4n) is 7.12. The predicted molar refractivity (Wildman–Crippen MR) is 178 cm³/mol. The second kappa shape index (κ2) is 13.8. The highest BCUT2D eigenvalue weighted by molar-refractivity contribution is 6.33. The Kier molecular flexibility index (Phi) is 9.63. The van der Waals surface area contributed by atoms with E-state index in [2.05, 4.69) is 27.0 Å². The van der Waals surface area contributed by atoms with Crippen LogP contribution >= 0.6 is 11.6 Å². The Labute approximate surface area is 269 Å². The Balaban J connectivity index is 1.29. The Morgan fingerprint density at radius 1 is 1.24 bits per heavy atom. The third-order valence-corrected chi connectivity index (χ3v) is 9.83. The van der Waals surface area contributed by atoms with Crippen LogP contribution in [-0.4, -0.2) is 107 Å². The number of aromatic nitrogens is 2. The van der Waals surface area contributed by atoms with Gasteiger partial charge in [-0.3, -0.25) is 20.2 Å². The molecule has 0 saturated carbocycles. The van der Waals surface area contributed by atoms with Crippen molar-refractivity contribution in [3.05, 3.63) is 63.8 Å². The molecule has 5 heterocycles. The Hall–Kier alpha value is -3.60. The molecule has 6 rings (SSSR count). The summed E-state index contributed by atoms with van der Waals surface area (Å²) in [4.78, 5) is 18.7. The van der Waals surface area contributed by atoms with Gasteiger partial charge in [0.25, 0.3) is 0 Å². The number of carbonyl (C=O) groups is 1. The van der Waals surface area contributed by atoms with E-state index in [4.69, 9.17) is 21.1 Å². The summed E-state index contributed by atoms with van der Waals surface area (Å²) in [6.07, 6.45) is 15.5. The number of benzene rings is 1. The molecule has 0 radical (unpaired) electrons. The van der Waals surface area contributed by atoms with E-state index in [0.717, 1.165) is 54.4 Å². The Morgan fingerprint density at radius 2 is 2.04 bits per heavy atom. The standard InChI is InChI=1S/C34H44ClN7O3/c1-4-6-9-30-23(17-37-39-30)15-27-29(35)16-28(34(36)41-14-13-40(18-22(41)3)31(43)5-2)32-33(27)45-19-24(38-32)8-7-12-42-25-10-11-26(42)21-44-20-25/h4-6,9,15-17,22,24-26,36,38-39H,2,7-8,10-14,18-21H2,1,3H3/b6-4+,23-15+,30-9+,36-34?/t22-,24?,25?,26?/m0/s1. The van der Waals surface area contributed by atoms with Gasteiger partial charge in [0.2, 0.25) is 5.91 Å². The number of piperazine rings is 1. The van der Waals surface area contributed by atoms with Gasteiger partial charge in [-0.2, -0.15) is 5.10 Å². The van der Waals surface area contributed by atoms with E-state index in [1.165, 1.54) is 18.9 Å². The van der Waals surface area contributed by atoms with E-state index in [9.17, 15) is 10.2 Å². The fourth-order valence-corrected chi connectivity index (χ4v) is 7.37. The first kappa shape index (κ1) is 31.4. The van der Waals surface area contributed by atoms with E-state index in [1.807, 2.05) is 49.1 Å². The summed E-state index contributed by atoms with van der Waals surface area (Å²) in [5.74, 6) is 0.933. The second-order valence-electron chi connectivity index (χ2n) is 12.4. The van der Waals surface area contributed by atoms with Gasteiger partial charge in [-0.05, 0) is 70.4 Å². The number of anilines is 1. The molecule has 2 aromatic rings. The fraction of sp³-hybridized carbons (Fsp3) is 0.500. The van der Waals surface area contributed by atoms with Gasteiger partial charge in [-0.1, -0.05) is 30.3 Å². The Morgan fingerprint density at radius 3 is 2.78 bits per heavy atom. The third-order valence-electron chi connectivity index (χ3n) is 9.52. The minimum Gasteiger partial charge on any atom is -0.489 e. The lowest BCUT2D eigenvalue weighted by Gasteiger charge is -2.41. The number of amidine groups is 1. The molecule has 3 N–H and O–H groups in total. The number of amides is 1. The number of rotatable bonds is 8. The molecule has 0 aliphatic carbocycles. The van der Waals surface area contributed by atoms with E-state index in [0.29, 0.717) is 60.5 Å². The van der Waals surface area contributed by atoms with E-state index < -0.39 is 0 Å². The van der Waals surface area contributed by atoms with Crippen molar-refractivity contribution in [3.8, 4) is 5.75 Å². The minimum atomic E-state index is -0.0818. The SMILES string of the molecule is C=CC(=O)N1CCN(C(=N)c2cc(Cl)c(\C=c3/cn[nH]/c3=C/C=C/C)c3c2NC(CCCN2C4CCC2COC4)CO3)[C@@H](C)C1. The molecular weight excluding hydrogens is 590 g/mol. The molecule has 2 bridgehead atoms. The summed E-state index contributed by atoms with van der Waals surface area (Å²) in [5.41, 5.74) is 2.24. The minimum absolute atomic E-state index is 0.0457. The molecule has 1 aromatic carbocycles. The highest BCUT2D eigenvalue weighted by Crippen LogP contribution is 2.42. The predicted octanol–water partition coefficient (Wildman–Crippen LogP) is 3.11. The number of carbonyl (C=O) groups excluding carboxylic acids is 1. The van der Waals surface area contributed by atoms with E-state index >= 15 is 0 Å². The van der Waals surface area contributed by atoms with Gasteiger partial charge >= 0.3 is 0 Å². The van der Waals surface area contributed by atoms with Crippen LogP contribution < -0.4 is 20.6 Å². The maximum atomic E-state index is 12.3. The maximum Gasteiger partial charge on any atom is 0.246 e.